The maximum absolute atomic E-state index is 13.7. The lowest BCUT2D eigenvalue weighted by atomic mass is 10.1. The number of carbonyl (C=O) groups excluding carboxylic acids is 1. The molecule has 9 heteroatoms. The smallest absolute Gasteiger partial charge is 0.308 e. The Morgan fingerprint density at radius 1 is 1.15 bits per heavy atom. The fourth-order valence-electron chi connectivity index (χ4n) is 2.60. The van der Waals surface area contributed by atoms with E-state index in [0.717, 1.165) is 24.3 Å². The van der Waals surface area contributed by atoms with Crippen molar-refractivity contribution in [3.8, 4) is 0 Å². The molecule has 2 aromatic carbocycles. The van der Waals surface area contributed by atoms with Crippen molar-refractivity contribution in [2.45, 2.75) is 11.6 Å². The number of hydrogen-bond acceptors (Lipinski definition) is 2. The van der Waals surface area contributed by atoms with Gasteiger partial charge in [-0.15, -0.1) is 11.8 Å². The second-order valence-electron chi connectivity index (χ2n) is 5.59. The summed E-state index contributed by atoms with van der Waals surface area (Å²) in [7, 11) is 0. The maximum atomic E-state index is 13.7. The Labute approximate surface area is 150 Å². The van der Waals surface area contributed by atoms with Crippen LogP contribution in [-0.2, 0) is 6.18 Å². The summed E-state index contributed by atoms with van der Waals surface area (Å²) in [5.41, 5.74) is -0.666. The van der Waals surface area contributed by atoms with Crippen molar-refractivity contribution in [3.05, 3.63) is 65.2 Å². The standard InChI is InChI=1S/C17H13F5N2OS/c18-12-4-5-14(13(19)9-12)23-16(25)24-6-7-26-15(24)10-2-1-3-11(8-10)17(20,21)22/h1-5,8-9,15H,6-7H2,(H,23,25)/t15-/m0/s1. The number of carbonyl (C=O) groups is 1. The van der Waals surface area contributed by atoms with E-state index < -0.39 is 34.8 Å². The summed E-state index contributed by atoms with van der Waals surface area (Å²) in [4.78, 5) is 13.8. The van der Waals surface area contributed by atoms with E-state index in [0.29, 0.717) is 23.9 Å². The lowest BCUT2D eigenvalue weighted by Gasteiger charge is -2.25. The molecule has 2 amide bonds. The van der Waals surface area contributed by atoms with Crippen molar-refractivity contribution < 1.29 is 26.7 Å². The van der Waals surface area contributed by atoms with Gasteiger partial charge in [-0.25, -0.2) is 13.6 Å². The van der Waals surface area contributed by atoms with Crippen molar-refractivity contribution in [2.24, 2.45) is 0 Å². The quantitative estimate of drug-likeness (QED) is 0.712. The molecule has 1 atom stereocenters. The van der Waals surface area contributed by atoms with Crippen LogP contribution in [0.4, 0.5) is 32.4 Å². The SMILES string of the molecule is O=C(Nc1ccc(F)cc1F)N1CCS[C@H]1c1cccc(C(F)(F)F)c1. The zero-order valence-electron chi connectivity index (χ0n) is 13.2. The van der Waals surface area contributed by atoms with Gasteiger partial charge in [0, 0.05) is 18.4 Å². The maximum Gasteiger partial charge on any atom is 0.416 e. The molecule has 3 rings (SSSR count). The first-order chi connectivity index (χ1) is 12.3. The molecule has 0 aliphatic carbocycles. The van der Waals surface area contributed by atoms with Gasteiger partial charge in [-0.1, -0.05) is 12.1 Å². The topological polar surface area (TPSA) is 32.3 Å². The minimum Gasteiger partial charge on any atom is -0.308 e. The van der Waals surface area contributed by atoms with Crippen molar-refractivity contribution in [3.63, 3.8) is 0 Å². The molecule has 1 aliphatic heterocycles. The summed E-state index contributed by atoms with van der Waals surface area (Å²) < 4.78 is 65.4. The first-order valence-electron chi connectivity index (χ1n) is 7.57. The highest BCUT2D eigenvalue weighted by Gasteiger charge is 2.34. The lowest BCUT2D eigenvalue weighted by Crippen LogP contribution is -2.34. The molecule has 0 unspecified atom stereocenters. The van der Waals surface area contributed by atoms with E-state index in [9.17, 15) is 26.7 Å². The van der Waals surface area contributed by atoms with Crippen LogP contribution >= 0.6 is 11.8 Å². The number of anilines is 1. The molecule has 3 nitrogen and oxygen atoms in total. The highest BCUT2D eigenvalue weighted by Crippen LogP contribution is 2.40. The highest BCUT2D eigenvalue weighted by molar-refractivity contribution is 7.99. The minimum absolute atomic E-state index is 0.198. The molecule has 26 heavy (non-hydrogen) atoms. The molecule has 1 fully saturated rings. The Morgan fingerprint density at radius 3 is 2.62 bits per heavy atom. The van der Waals surface area contributed by atoms with Gasteiger partial charge in [0.2, 0.25) is 0 Å². The first kappa shape index (κ1) is 18.5. The average Bonchev–Trinajstić information content (AvgIpc) is 3.06. The van der Waals surface area contributed by atoms with Crippen LogP contribution in [0, 0.1) is 11.6 Å². The van der Waals surface area contributed by atoms with Crippen LogP contribution in [0.5, 0.6) is 0 Å². The zero-order chi connectivity index (χ0) is 18.9. The summed E-state index contributed by atoms with van der Waals surface area (Å²) in [6.45, 7) is 0.292. The molecule has 1 saturated heterocycles. The Balaban J connectivity index is 1.81. The predicted octanol–water partition coefficient (Wildman–Crippen LogP) is 5.26. The monoisotopic (exact) mass is 388 g/mol. The van der Waals surface area contributed by atoms with Gasteiger partial charge in [0.25, 0.3) is 0 Å². The number of urea groups is 1. The van der Waals surface area contributed by atoms with Crippen LogP contribution in [0.15, 0.2) is 42.5 Å². The lowest BCUT2D eigenvalue weighted by molar-refractivity contribution is -0.137. The minimum atomic E-state index is -4.48. The van der Waals surface area contributed by atoms with Crippen LogP contribution < -0.4 is 5.32 Å². The number of nitrogens with zero attached hydrogens (tertiary/aromatic N) is 1. The molecule has 1 heterocycles. The fourth-order valence-corrected chi connectivity index (χ4v) is 3.85. The van der Waals surface area contributed by atoms with Crippen molar-refractivity contribution in [1.29, 1.82) is 0 Å². The largest absolute Gasteiger partial charge is 0.416 e. The third-order valence-corrected chi connectivity index (χ3v) is 5.08. The van der Waals surface area contributed by atoms with Crippen LogP contribution in [-0.4, -0.2) is 23.2 Å². The molecular weight excluding hydrogens is 375 g/mol. The third kappa shape index (κ3) is 3.92. The number of alkyl halides is 3. The Bertz CT molecular complexity index is 827. The van der Waals surface area contributed by atoms with Gasteiger partial charge >= 0.3 is 12.2 Å². The normalized spacial score (nSPS) is 17.4. The van der Waals surface area contributed by atoms with Crippen LogP contribution in [0.25, 0.3) is 0 Å². The number of rotatable bonds is 2. The molecule has 0 spiro atoms. The van der Waals surface area contributed by atoms with E-state index in [4.69, 9.17) is 0 Å². The Morgan fingerprint density at radius 2 is 1.92 bits per heavy atom. The van der Waals surface area contributed by atoms with Gasteiger partial charge in [-0.05, 0) is 29.8 Å². The number of thioether (sulfide) groups is 1. The summed E-state index contributed by atoms with van der Waals surface area (Å²) in [6.07, 6.45) is -4.48. The van der Waals surface area contributed by atoms with Gasteiger partial charge in [0.05, 0.1) is 11.3 Å². The van der Waals surface area contributed by atoms with Crippen molar-refractivity contribution >= 4 is 23.5 Å². The van der Waals surface area contributed by atoms with Gasteiger partial charge in [-0.3, -0.25) is 0 Å². The van der Waals surface area contributed by atoms with E-state index >= 15 is 0 Å². The van der Waals surface area contributed by atoms with Crippen LogP contribution in [0.1, 0.15) is 16.5 Å². The molecular formula is C17H13F5N2OS. The van der Waals surface area contributed by atoms with Gasteiger partial charge in [0.15, 0.2) is 0 Å². The van der Waals surface area contributed by atoms with Crippen molar-refractivity contribution in [1.82, 2.24) is 4.90 Å². The molecule has 1 aliphatic rings. The van der Waals surface area contributed by atoms with Crippen molar-refractivity contribution in [2.75, 3.05) is 17.6 Å². The van der Waals surface area contributed by atoms with E-state index in [1.54, 1.807) is 0 Å². The molecule has 0 radical (unpaired) electrons. The first-order valence-corrected chi connectivity index (χ1v) is 8.62. The Kier molecular flexibility index (Phi) is 5.08. The summed E-state index contributed by atoms with van der Waals surface area (Å²) in [5.74, 6) is -1.18. The zero-order valence-corrected chi connectivity index (χ0v) is 14.0. The third-order valence-electron chi connectivity index (χ3n) is 3.82. The summed E-state index contributed by atoms with van der Waals surface area (Å²) >= 11 is 1.31. The molecule has 138 valence electrons. The number of halogens is 5. The second kappa shape index (κ2) is 7.14. The summed E-state index contributed by atoms with van der Waals surface area (Å²) in [5, 5.41) is 1.71. The number of nitrogens with one attached hydrogen (secondary N) is 1. The van der Waals surface area contributed by atoms with Gasteiger partial charge in [0.1, 0.15) is 17.0 Å². The average molecular weight is 388 g/mol. The number of hydrogen-bond donors (Lipinski definition) is 1. The molecule has 0 aromatic heterocycles. The van der Waals surface area contributed by atoms with E-state index in [2.05, 4.69) is 5.32 Å². The molecule has 1 N–H and O–H groups in total. The van der Waals surface area contributed by atoms with Crippen LogP contribution in [0.3, 0.4) is 0 Å². The van der Waals surface area contributed by atoms with Crippen LogP contribution in [0.2, 0.25) is 0 Å². The molecule has 2 aromatic rings. The van der Waals surface area contributed by atoms with Gasteiger partial charge in [-0.2, -0.15) is 13.2 Å². The molecule has 0 bridgehead atoms. The summed E-state index contributed by atoms with van der Waals surface area (Å²) in [6, 6.07) is 6.82. The highest BCUT2D eigenvalue weighted by atomic mass is 32.2. The Hall–Kier alpha value is -2.29. The predicted molar refractivity (Wildman–Crippen MR) is 88.7 cm³/mol. The van der Waals surface area contributed by atoms with Gasteiger partial charge < -0.3 is 10.2 Å². The second-order valence-corrected chi connectivity index (χ2v) is 6.78. The fraction of sp³-hybridized carbons (Fsp3) is 0.235. The van der Waals surface area contributed by atoms with E-state index in [-0.39, 0.29) is 5.69 Å². The van der Waals surface area contributed by atoms with E-state index in [1.165, 1.54) is 28.8 Å². The number of benzene rings is 2. The molecule has 0 saturated carbocycles. The van der Waals surface area contributed by atoms with E-state index in [1.807, 2.05) is 0 Å². The number of amides is 2.